The molecule has 0 aromatic heterocycles. The highest BCUT2D eigenvalue weighted by molar-refractivity contribution is 7.91. The average Bonchev–Trinajstić information content (AvgIpc) is 3.21. The van der Waals surface area contributed by atoms with Gasteiger partial charge in [0.05, 0.1) is 22.3 Å². The predicted octanol–water partition coefficient (Wildman–Crippen LogP) is 0.437. The minimum atomic E-state index is -3.77. The minimum Gasteiger partial charge on any atom is -0.486 e. The number of hydrogen-bond acceptors (Lipinski definition) is 9. The van der Waals surface area contributed by atoms with E-state index in [1.165, 1.54) is 21.3 Å². The largest absolute Gasteiger partial charge is 0.486 e. The quantitative estimate of drug-likeness (QED) is 0.460. The molecule has 3 heterocycles. The highest BCUT2D eigenvalue weighted by Gasteiger charge is 2.36. The first kappa shape index (κ1) is 25.7. The van der Waals surface area contributed by atoms with Crippen molar-refractivity contribution in [3.63, 3.8) is 0 Å². The molecule has 1 unspecified atom stereocenters. The van der Waals surface area contributed by atoms with Crippen molar-refractivity contribution >= 4 is 31.7 Å². The Morgan fingerprint density at radius 3 is 2.43 bits per heavy atom. The molecule has 1 amide bonds. The molecule has 194 valence electrons. The van der Waals surface area contributed by atoms with Crippen molar-refractivity contribution in [1.29, 1.82) is 0 Å². The number of carbonyl (C=O) groups is 2. The summed E-state index contributed by atoms with van der Waals surface area (Å²) in [6, 6.07) is 4.10. The Hall–Kier alpha value is -2.38. The SMILES string of the molecule is CCN(C(=O)COC(=O)C1CCN(S(=O)(=O)c2ccc3c(c2)OCCO3)CC1)C1CCS(=O)(=O)C1. The first-order chi connectivity index (χ1) is 16.6. The van der Waals surface area contributed by atoms with Gasteiger partial charge in [-0.05, 0) is 38.3 Å². The van der Waals surface area contributed by atoms with E-state index in [1.807, 2.05) is 0 Å². The van der Waals surface area contributed by atoms with Gasteiger partial charge >= 0.3 is 5.97 Å². The van der Waals surface area contributed by atoms with Gasteiger partial charge in [-0.25, -0.2) is 16.8 Å². The third kappa shape index (κ3) is 5.72. The summed E-state index contributed by atoms with van der Waals surface area (Å²) in [7, 11) is -6.91. The first-order valence-corrected chi connectivity index (χ1v) is 14.9. The second kappa shape index (κ2) is 10.3. The van der Waals surface area contributed by atoms with E-state index in [0.717, 1.165) is 0 Å². The number of nitrogens with zero attached hydrogens (tertiary/aromatic N) is 2. The average molecular weight is 531 g/mol. The zero-order valence-corrected chi connectivity index (χ0v) is 21.2. The second-order valence-corrected chi connectivity index (χ2v) is 13.0. The van der Waals surface area contributed by atoms with Gasteiger partial charge in [0.1, 0.15) is 13.2 Å². The molecule has 0 bridgehead atoms. The lowest BCUT2D eigenvalue weighted by atomic mass is 9.98. The summed E-state index contributed by atoms with van der Waals surface area (Å²) < 4.78 is 67.1. The number of carbonyl (C=O) groups excluding carboxylic acids is 2. The van der Waals surface area contributed by atoms with E-state index in [4.69, 9.17) is 14.2 Å². The van der Waals surface area contributed by atoms with Gasteiger partial charge in [-0.15, -0.1) is 0 Å². The highest BCUT2D eigenvalue weighted by atomic mass is 32.2. The Morgan fingerprint density at radius 1 is 1.11 bits per heavy atom. The van der Waals surface area contributed by atoms with Crippen molar-refractivity contribution in [2.45, 2.75) is 37.1 Å². The van der Waals surface area contributed by atoms with Crippen molar-refractivity contribution in [3.05, 3.63) is 18.2 Å². The van der Waals surface area contributed by atoms with Crippen molar-refractivity contribution in [2.24, 2.45) is 5.92 Å². The third-order valence-electron chi connectivity index (χ3n) is 6.59. The molecular weight excluding hydrogens is 500 g/mol. The molecule has 0 radical (unpaired) electrons. The topological polar surface area (TPSA) is 137 Å². The van der Waals surface area contributed by atoms with Crippen LogP contribution in [0.2, 0.25) is 0 Å². The van der Waals surface area contributed by atoms with Gasteiger partial charge < -0.3 is 19.1 Å². The molecule has 4 rings (SSSR count). The van der Waals surface area contributed by atoms with E-state index < -0.39 is 50.3 Å². The Balaban J connectivity index is 1.29. The van der Waals surface area contributed by atoms with Crippen LogP contribution in [0.4, 0.5) is 0 Å². The van der Waals surface area contributed by atoms with E-state index in [9.17, 15) is 26.4 Å². The van der Waals surface area contributed by atoms with Crippen LogP contribution in [0.5, 0.6) is 11.5 Å². The van der Waals surface area contributed by atoms with Crippen LogP contribution in [0.25, 0.3) is 0 Å². The smallest absolute Gasteiger partial charge is 0.309 e. The summed E-state index contributed by atoms with van der Waals surface area (Å²) in [6.45, 7) is 2.67. The lowest BCUT2D eigenvalue weighted by Crippen LogP contribution is -2.44. The van der Waals surface area contributed by atoms with Crippen LogP contribution in [-0.4, -0.2) is 94.9 Å². The number of fused-ring (bicyclic) bond motifs is 1. The Bertz CT molecular complexity index is 1180. The fraction of sp³-hybridized carbons (Fsp3) is 0.636. The molecule has 0 N–H and O–H groups in total. The zero-order valence-electron chi connectivity index (χ0n) is 19.6. The summed E-state index contributed by atoms with van der Waals surface area (Å²) in [5, 5.41) is 0. The van der Waals surface area contributed by atoms with Crippen LogP contribution in [0.3, 0.4) is 0 Å². The summed E-state index contributed by atoms with van der Waals surface area (Å²) in [4.78, 5) is 26.6. The van der Waals surface area contributed by atoms with Crippen LogP contribution in [0, 0.1) is 5.92 Å². The fourth-order valence-electron chi connectivity index (χ4n) is 4.66. The zero-order chi connectivity index (χ0) is 25.2. The Kier molecular flexibility index (Phi) is 7.57. The van der Waals surface area contributed by atoms with Crippen LogP contribution in [0.15, 0.2) is 23.1 Å². The molecule has 11 nitrogen and oxygen atoms in total. The molecular formula is C22H30N2O9S2. The number of esters is 1. The standard InChI is InChI=1S/C22H30N2O9S2/c1-2-24(17-7-12-34(27,28)15-17)21(25)14-33-22(26)16-5-8-23(9-6-16)35(29,30)18-3-4-19-20(13-18)32-11-10-31-19/h3-4,13,16-17H,2,5-12,14-15H2,1H3. The molecule has 1 atom stereocenters. The maximum absolute atomic E-state index is 13.1. The van der Waals surface area contributed by atoms with Crippen LogP contribution in [0.1, 0.15) is 26.2 Å². The summed E-state index contributed by atoms with van der Waals surface area (Å²) >= 11 is 0. The van der Waals surface area contributed by atoms with Crippen molar-refractivity contribution in [3.8, 4) is 11.5 Å². The van der Waals surface area contributed by atoms with Gasteiger partial charge in [-0.3, -0.25) is 9.59 Å². The lowest BCUT2D eigenvalue weighted by Gasteiger charge is -2.31. The van der Waals surface area contributed by atoms with E-state index in [1.54, 1.807) is 13.0 Å². The maximum Gasteiger partial charge on any atom is 0.309 e. The molecule has 13 heteroatoms. The van der Waals surface area contributed by atoms with E-state index in [2.05, 4.69) is 0 Å². The number of ether oxygens (including phenoxy) is 3. The van der Waals surface area contributed by atoms with E-state index in [-0.39, 0.29) is 42.3 Å². The van der Waals surface area contributed by atoms with Crippen molar-refractivity contribution in [1.82, 2.24) is 9.21 Å². The summed E-state index contributed by atoms with van der Waals surface area (Å²) in [6.07, 6.45) is 0.927. The minimum absolute atomic E-state index is 0.0506. The van der Waals surface area contributed by atoms with Gasteiger partial charge in [0.15, 0.2) is 27.9 Å². The van der Waals surface area contributed by atoms with E-state index >= 15 is 0 Å². The summed E-state index contributed by atoms with van der Waals surface area (Å²) in [5.41, 5.74) is 0. The molecule has 0 spiro atoms. The van der Waals surface area contributed by atoms with Crippen LogP contribution in [-0.2, 0) is 34.2 Å². The molecule has 2 saturated heterocycles. The molecule has 3 aliphatic rings. The summed E-state index contributed by atoms with van der Waals surface area (Å²) in [5.74, 6) is -0.631. The van der Waals surface area contributed by atoms with Crippen molar-refractivity contribution < 1.29 is 40.6 Å². The molecule has 0 saturated carbocycles. The van der Waals surface area contributed by atoms with Gasteiger partial charge in [-0.1, -0.05) is 0 Å². The normalized spacial score (nSPS) is 22.5. The monoisotopic (exact) mass is 530 g/mol. The molecule has 0 aliphatic carbocycles. The molecule has 1 aromatic carbocycles. The number of likely N-dealkylation sites (N-methyl/N-ethyl adjacent to an activating group) is 1. The number of hydrogen-bond donors (Lipinski definition) is 0. The number of amides is 1. The van der Waals surface area contributed by atoms with Gasteiger partial charge in [0.25, 0.3) is 5.91 Å². The maximum atomic E-state index is 13.1. The Labute approximate surface area is 205 Å². The fourth-order valence-corrected chi connectivity index (χ4v) is 7.87. The number of sulfonamides is 1. The second-order valence-electron chi connectivity index (χ2n) is 8.83. The number of piperidine rings is 1. The van der Waals surface area contributed by atoms with Crippen LogP contribution < -0.4 is 9.47 Å². The predicted molar refractivity (Wildman–Crippen MR) is 124 cm³/mol. The third-order valence-corrected chi connectivity index (χ3v) is 10.2. The molecule has 1 aromatic rings. The van der Waals surface area contributed by atoms with Gasteiger partial charge in [-0.2, -0.15) is 4.31 Å². The number of sulfone groups is 1. The number of benzene rings is 1. The van der Waals surface area contributed by atoms with E-state index in [0.29, 0.717) is 37.7 Å². The molecule has 3 aliphatic heterocycles. The van der Waals surface area contributed by atoms with Gasteiger partial charge in [0, 0.05) is 31.7 Å². The molecule has 2 fully saturated rings. The van der Waals surface area contributed by atoms with Gasteiger partial charge in [0.2, 0.25) is 10.0 Å². The van der Waals surface area contributed by atoms with Crippen molar-refractivity contribution in [2.75, 3.05) is 51.0 Å². The van der Waals surface area contributed by atoms with Crippen LogP contribution >= 0.6 is 0 Å². The highest BCUT2D eigenvalue weighted by Crippen LogP contribution is 2.34. The Morgan fingerprint density at radius 2 is 1.80 bits per heavy atom. The lowest BCUT2D eigenvalue weighted by molar-refractivity contribution is -0.157. The first-order valence-electron chi connectivity index (χ1n) is 11.7. The molecule has 35 heavy (non-hydrogen) atoms. The number of rotatable bonds is 7.